The molecule has 1 unspecified atom stereocenters. The van der Waals surface area contributed by atoms with E-state index >= 15 is 0 Å². The number of carbonyl (C=O) groups excluding carboxylic acids is 2. The van der Waals surface area contributed by atoms with Crippen LogP contribution in [-0.2, 0) is 16.9 Å². The molecule has 0 radical (unpaired) electrons. The molecule has 3 aromatic rings. The fourth-order valence-corrected chi connectivity index (χ4v) is 3.65. The van der Waals surface area contributed by atoms with Crippen molar-refractivity contribution >= 4 is 22.7 Å². The van der Waals surface area contributed by atoms with E-state index in [-0.39, 0.29) is 12.5 Å². The lowest BCUT2D eigenvalue weighted by atomic mass is 9.90. The lowest BCUT2D eigenvalue weighted by Crippen LogP contribution is -2.40. The van der Waals surface area contributed by atoms with Crippen LogP contribution in [0.4, 0.5) is 4.79 Å². The number of urea groups is 1. The molecule has 3 aromatic carbocycles. The first-order valence-electron chi connectivity index (χ1n) is 9.30. The molecule has 4 rings (SSSR count). The van der Waals surface area contributed by atoms with Crippen LogP contribution in [0.25, 0.3) is 10.8 Å². The summed E-state index contributed by atoms with van der Waals surface area (Å²) in [5.41, 5.74) is 0.439. The zero-order chi connectivity index (χ0) is 20.6. The normalized spacial score (nSPS) is 18.8. The number of benzene rings is 3. The first-order chi connectivity index (χ1) is 13.9. The highest BCUT2D eigenvalue weighted by molar-refractivity contribution is 6.07. The molecule has 1 fully saturated rings. The van der Waals surface area contributed by atoms with Crippen molar-refractivity contribution in [1.82, 2.24) is 10.2 Å². The summed E-state index contributed by atoms with van der Waals surface area (Å²) in [6, 6.07) is 18.4. The Bertz CT molecular complexity index is 1110. The summed E-state index contributed by atoms with van der Waals surface area (Å²) < 4.78 is 10.5. The molecule has 29 heavy (non-hydrogen) atoms. The van der Waals surface area contributed by atoms with E-state index in [0.717, 1.165) is 27.6 Å². The van der Waals surface area contributed by atoms with Crippen LogP contribution in [-0.4, -0.2) is 31.1 Å². The maximum absolute atomic E-state index is 13.2. The van der Waals surface area contributed by atoms with Crippen LogP contribution in [0, 0.1) is 0 Å². The Hall–Kier alpha value is -3.54. The van der Waals surface area contributed by atoms with Crippen LogP contribution in [0.3, 0.4) is 0 Å². The van der Waals surface area contributed by atoms with Crippen molar-refractivity contribution in [2.24, 2.45) is 0 Å². The molecule has 0 aliphatic carbocycles. The van der Waals surface area contributed by atoms with E-state index in [0.29, 0.717) is 5.75 Å². The molecule has 1 aliphatic rings. The van der Waals surface area contributed by atoms with Gasteiger partial charge < -0.3 is 14.8 Å². The zero-order valence-electron chi connectivity index (χ0n) is 16.6. The molecule has 1 aliphatic heterocycles. The van der Waals surface area contributed by atoms with Crippen LogP contribution in [0.1, 0.15) is 18.1 Å². The SMILES string of the molecule is COc1cccc(CN2C(=O)NC(C)(c3ccc4cc(OC)ccc4c3)C2=O)c1. The molecule has 1 heterocycles. The highest BCUT2D eigenvalue weighted by atomic mass is 16.5. The number of carbonyl (C=O) groups is 2. The Morgan fingerprint density at radius 2 is 1.59 bits per heavy atom. The summed E-state index contributed by atoms with van der Waals surface area (Å²) in [7, 11) is 3.21. The maximum atomic E-state index is 13.2. The maximum Gasteiger partial charge on any atom is 0.325 e. The number of ether oxygens (including phenoxy) is 2. The third-order valence-electron chi connectivity index (χ3n) is 5.37. The molecule has 0 bridgehead atoms. The summed E-state index contributed by atoms with van der Waals surface area (Å²) in [5, 5.41) is 4.84. The van der Waals surface area contributed by atoms with Crippen molar-refractivity contribution < 1.29 is 19.1 Å². The summed E-state index contributed by atoms with van der Waals surface area (Å²) in [6.45, 7) is 1.92. The number of amides is 3. The van der Waals surface area contributed by atoms with E-state index in [4.69, 9.17) is 9.47 Å². The Labute approximate surface area is 169 Å². The summed E-state index contributed by atoms with van der Waals surface area (Å²) in [4.78, 5) is 27.1. The van der Waals surface area contributed by atoms with E-state index in [1.165, 1.54) is 4.90 Å². The minimum absolute atomic E-state index is 0.183. The first-order valence-corrected chi connectivity index (χ1v) is 9.30. The largest absolute Gasteiger partial charge is 0.497 e. The monoisotopic (exact) mass is 390 g/mol. The fourth-order valence-electron chi connectivity index (χ4n) is 3.65. The fraction of sp³-hybridized carbons (Fsp3) is 0.217. The van der Waals surface area contributed by atoms with Crippen LogP contribution in [0.2, 0.25) is 0 Å². The highest BCUT2D eigenvalue weighted by Gasteiger charge is 2.48. The van der Waals surface area contributed by atoms with Crippen molar-refractivity contribution in [2.75, 3.05) is 14.2 Å². The van der Waals surface area contributed by atoms with Gasteiger partial charge in [-0.25, -0.2) is 4.79 Å². The van der Waals surface area contributed by atoms with Gasteiger partial charge in [-0.3, -0.25) is 9.69 Å². The van der Waals surface area contributed by atoms with Gasteiger partial charge in [0.1, 0.15) is 17.0 Å². The van der Waals surface area contributed by atoms with Crippen LogP contribution in [0.15, 0.2) is 60.7 Å². The lowest BCUT2D eigenvalue weighted by Gasteiger charge is -2.23. The third kappa shape index (κ3) is 3.27. The van der Waals surface area contributed by atoms with Crippen molar-refractivity contribution in [3.8, 4) is 11.5 Å². The second-order valence-electron chi connectivity index (χ2n) is 7.23. The summed E-state index contributed by atoms with van der Waals surface area (Å²) in [5.74, 6) is 1.17. The molecule has 1 saturated heterocycles. The smallest absolute Gasteiger partial charge is 0.325 e. The van der Waals surface area contributed by atoms with Crippen LogP contribution in [0.5, 0.6) is 11.5 Å². The van der Waals surface area contributed by atoms with Gasteiger partial charge >= 0.3 is 6.03 Å². The van der Waals surface area contributed by atoms with Gasteiger partial charge in [0, 0.05) is 0 Å². The first kappa shape index (κ1) is 18.8. The number of hydrogen-bond donors (Lipinski definition) is 1. The van der Waals surface area contributed by atoms with Gasteiger partial charge in [-0.15, -0.1) is 0 Å². The Morgan fingerprint density at radius 3 is 2.34 bits per heavy atom. The number of hydrogen-bond acceptors (Lipinski definition) is 4. The second kappa shape index (κ2) is 7.13. The van der Waals surface area contributed by atoms with Crippen LogP contribution >= 0.6 is 0 Å². The molecule has 0 aromatic heterocycles. The minimum Gasteiger partial charge on any atom is -0.497 e. The predicted octanol–water partition coefficient (Wildman–Crippen LogP) is 3.82. The predicted molar refractivity (Wildman–Crippen MR) is 110 cm³/mol. The number of imide groups is 1. The summed E-state index contributed by atoms with van der Waals surface area (Å²) in [6.07, 6.45) is 0. The van der Waals surface area contributed by atoms with Gasteiger partial charge in [-0.2, -0.15) is 0 Å². The van der Waals surface area contributed by atoms with Gasteiger partial charge in [0.05, 0.1) is 20.8 Å². The zero-order valence-corrected chi connectivity index (χ0v) is 16.6. The number of fused-ring (bicyclic) bond motifs is 1. The Morgan fingerprint density at radius 1 is 0.897 bits per heavy atom. The number of methoxy groups -OCH3 is 2. The quantitative estimate of drug-likeness (QED) is 0.673. The van der Waals surface area contributed by atoms with Crippen LogP contribution < -0.4 is 14.8 Å². The average Bonchev–Trinajstić information content (AvgIpc) is 2.97. The van der Waals surface area contributed by atoms with Crippen molar-refractivity contribution in [2.45, 2.75) is 19.0 Å². The van der Waals surface area contributed by atoms with Gasteiger partial charge in [0.15, 0.2) is 0 Å². The molecule has 1 atom stereocenters. The molecule has 0 spiro atoms. The molecule has 148 valence electrons. The van der Waals surface area contributed by atoms with E-state index in [9.17, 15) is 9.59 Å². The van der Waals surface area contributed by atoms with Gasteiger partial charge in [-0.05, 0) is 59.2 Å². The topological polar surface area (TPSA) is 67.9 Å². The third-order valence-corrected chi connectivity index (χ3v) is 5.37. The number of nitrogens with one attached hydrogen (secondary N) is 1. The number of rotatable bonds is 5. The Kier molecular flexibility index (Phi) is 4.62. The summed E-state index contributed by atoms with van der Waals surface area (Å²) >= 11 is 0. The standard InChI is InChI=1S/C23H22N2O4/c1-23(18-9-7-17-13-20(29-3)10-8-16(17)12-18)21(26)25(22(27)24-23)14-15-5-4-6-19(11-15)28-2/h4-13H,14H2,1-3H3,(H,24,27). The van der Waals surface area contributed by atoms with Gasteiger partial charge in [0.2, 0.25) is 0 Å². The minimum atomic E-state index is -1.12. The van der Waals surface area contributed by atoms with Crippen molar-refractivity contribution in [3.63, 3.8) is 0 Å². The molecule has 6 heteroatoms. The average molecular weight is 390 g/mol. The van der Waals surface area contributed by atoms with E-state index in [1.807, 2.05) is 60.7 Å². The number of nitrogens with zero attached hydrogens (tertiary/aromatic N) is 1. The molecular weight excluding hydrogens is 368 g/mol. The molecular formula is C23H22N2O4. The Balaban J connectivity index is 1.64. The van der Waals surface area contributed by atoms with E-state index in [1.54, 1.807) is 21.1 Å². The second-order valence-corrected chi connectivity index (χ2v) is 7.23. The van der Waals surface area contributed by atoms with E-state index < -0.39 is 11.6 Å². The van der Waals surface area contributed by atoms with Crippen molar-refractivity contribution in [1.29, 1.82) is 0 Å². The molecule has 6 nitrogen and oxygen atoms in total. The van der Waals surface area contributed by atoms with E-state index in [2.05, 4.69) is 5.32 Å². The molecule has 0 saturated carbocycles. The molecule has 1 N–H and O–H groups in total. The highest BCUT2D eigenvalue weighted by Crippen LogP contribution is 2.32. The van der Waals surface area contributed by atoms with Gasteiger partial charge in [0.25, 0.3) is 5.91 Å². The lowest BCUT2D eigenvalue weighted by molar-refractivity contribution is -0.131. The molecule has 3 amide bonds. The van der Waals surface area contributed by atoms with Gasteiger partial charge in [-0.1, -0.05) is 30.3 Å². The van der Waals surface area contributed by atoms with Crippen molar-refractivity contribution in [3.05, 3.63) is 71.8 Å².